The zero-order valence-electron chi connectivity index (χ0n) is 20.8. The lowest BCUT2D eigenvalue weighted by atomic mass is 9.98. The summed E-state index contributed by atoms with van der Waals surface area (Å²) in [6, 6.07) is 17.5. The summed E-state index contributed by atoms with van der Waals surface area (Å²) in [6.07, 6.45) is -8.80. The van der Waals surface area contributed by atoms with E-state index < -0.39 is 47.8 Å². The Morgan fingerprint density at radius 1 is 0.756 bits per heavy atom. The molecule has 1 atom stereocenters. The number of carbonyl (C=O) groups excluding carboxylic acids is 1. The van der Waals surface area contributed by atoms with E-state index in [1.165, 1.54) is 36.4 Å². The summed E-state index contributed by atoms with van der Waals surface area (Å²) in [4.78, 5) is 27.9. The highest BCUT2D eigenvalue weighted by Crippen LogP contribution is 2.32. The molecule has 4 rings (SSSR count). The predicted molar refractivity (Wildman–Crippen MR) is 135 cm³/mol. The fraction of sp³-hybridized carbons (Fsp3) is 0.138. The van der Waals surface area contributed by atoms with Crippen LogP contribution in [0.5, 0.6) is 11.6 Å². The standard InChI is InChI=1S/C29H20F6N2O4/c30-28(31,32)21-9-5-18(6-10-21)17-1-3-19(4-2-17)24(15-26(38)39)37-27(40)20-7-12-23(13-8-20)41-25-14-11-22(16-36-25)29(33,34)35/h1-14,16,24H,15H2,(H,37,40)(H,38,39). The molecule has 212 valence electrons. The highest BCUT2D eigenvalue weighted by molar-refractivity contribution is 5.94. The number of hydrogen-bond acceptors (Lipinski definition) is 4. The average Bonchev–Trinajstić information content (AvgIpc) is 2.92. The number of halogens is 6. The Kier molecular flexibility index (Phi) is 8.31. The fourth-order valence-corrected chi connectivity index (χ4v) is 3.83. The maximum Gasteiger partial charge on any atom is 0.417 e. The van der Waals surface area contributed by atoms with Gasteiger partial charge in [0.15, 0.2) is 0 Å². The van der Waals surface area contributed by atoms with Crippen LogP contribution in [0.4, 0.5) is 26.3 Å². The van der Waals surface area contributed by atoms with Gasteiger partial charge in [0, 0.05) is 17.8 Å². The van der Waals surface area contributed by atoms with Gasteiger partial charge in [0.05, 0.1) is 23.6 Å². The van der Waals surface area contributed by atoms with Crippen molar-refractivity contribution in [3.05, 3.63) is 113 Å². The zero-order chi connectivity index (χ0) is 29.8. The molecule has 4 aromatic rings. The average molecular weight is 574 g/mol. The normalized spacial score (nSPS) is 12.4. The molecule has 1 aromatic heterocycles. The zero-order valence-corrected chi connectivity index (χ0v) is 20.8. The molecule has 0 saturated carbocycles. The van der Waals surface area contributed by atoms with Crippen molar-refractivity contribution in [2.75, 3.05) is 0 Å². The second-order valence-electron chi connectivity index (χ2n) is 8.83. The van der Waals surface area contributed by atoms with Crippen LogP contribution in [0.15, 0.2) is 91.1 Å². The third kappa shape index (κ3) is 7.62. The van der Waals surface area contributed by atoms with Crippen LogP contribution < -0.4 is 10.1 Å². The summed E-state index contributed by atoms with van der Waals surface area (Å²) < 4.78 is 81.9. The highest BCUT2D eigenvalue weighted by atomic mass is 19.4. The Bertz CT molecular complexity index is 1500. The molecule has 1 amide bonds. The van der Waals surface area contributed by atoms with Crippen LogP contribution in [0.2, 0.25) is 0 Å². The molecule has 0 spiro atoms. The summed E-state index contributed by atoms with van der Waals surface area (Å²) in [7, 11) is 0. The van der Waals surface area contributed by atoms with E-state index in [0.29, 0.717) is 22.9 Å². The Balaban J connectivity index is 1.43. The van der Waals surface area contributed by atoms with E-state index in [0.717, 1.165) is 24.3 Å². The molecule has 6 nitrogen and oxygen atoms in total. The minimum absolute atomic E-state index is 0.0866. The van der Waals surface area contributed by atoms with Gasteiger partial charge in [-0.25, -0.2) is 4.98 Å². The summed E-state index contributed by atoms with van der Waals surface area (Å²) >= 11 is 0. The fourth-order valence-electron chi connectivity index (χ4n) is 3.83. The lowest BCUT2D eigenvalue weighted by Gasteiger charge is -2.18. The number of amides is 1. The van der Waals surface area contributed by atoms with Crippen LogP contribution >= 0.6 is 0 Å². The number of carboxylic acid groups (broad SMARTS) is 1. The lowest BCUT2D eigenvalue weighted by Crippen LogP contribution is -2.30. The van der Waals surface area contributed by atoms with Gasteiger partial charge in [-0.2, -0.15) is 26.3 Å². The van der Waals surface area contributed by atoms with Gasteiger partial charge in [0.2, 0.25) is 5.88 Å². The van der Waals surface area contributed by atoms with Crippen LogP contribution in [0, 0.1) is 0 Å². The number of rotatable bonds is 8. The Morgan fingerprint density at radius 3 is 1.78 bits per heavy atom. The van der Waals surface area contributed by atoms with Gasteiger partial charge in [-0.15, -0.1) is 0 Å². The molecular formula is C29H20F6N2O4. The van der Waals surface area contributed by atoms with Gasteiger partial charge in [-0.1, -0.05) is 36.4 Å². The maximum absolute atomic E-state index is 12.9. The molecule has 41 heavy (non-hydrogen) atoms. The number of carbonyl (C=O) groups is 2. The van der Waals surface area contributed by atoms with E-state index in [1.807, 2.05) is 0 Å². The first kappa shape index (κ1) is 29.1. The second kappa shape index (κ2) is 11.7. The number of nitrogens with one attached hydrogen (secondary N) is 1. The van der Waals surface area contributed by atoms with Gasteiger partial charge in [-0.3, -0.25) is 9.59 Å². The van der Waals surface area contributed by atoms with Crippen LogP contribution in [0.3, 0.4) is 0 Å². The van der Waals surface area contributed by atoms with Gasteiger partial charge < -0.3 is 15.2 Å². The number of pyridine rings is 1. The van der Waals surface area contributed by atoms with Crippen LogP contribution in [0.25, 0.3) is 11.1 Å². The largest absolute Gasteiger partial charge is 0.481 e. The first-order chi connectivity index (χ1) is 19.3. The number of alkyl halides is 6. The van der Waals surface area contributed by atoms with E-state index >= 15 is 0 Å². The van der Waals surface area contributed by atoms with E-state index in [4.69, 9.17) is 4.74 Å². The summed E-state index contributed by atoms with van der Waals surface area (Å²) in [5, 5.41) is 12.0. The van der Waals surface area contributed by atoms with E-state index in [9.17, 15) is 41.0 Å². The molecule has 0 fully saturated rings. The van der Waals surface area contributed by atoms with E-state index in [-0.39, 0.29) is 17.2 Å². The molecule has 0 aliphatic rings. The monoisotopic (exact) mass is 574 g/mol. The van der Waals surface area contributed by atoms with Crippen molar-refractivity contribution >= 4 is 11.9 Å². The lowest BCUT2D eigenvalue weighted by molar-refractivity contribution is -0.138. The summed E-state index contributed by atoms with van der Waals surface area (Å²) in [6.45, 7) is 0. The van der Waals surface area contributed by atoms with E-state index in [2.05, 4.69) is 10.3 Å². The van der Waals surface area contributed by atoms with Crippen molar-refractivity contribution in [3.63, 3.8) is 0 Å². The molecule has 0 aliphatic heterocycles. The molecular weight excluding hydrogens is 554 g/mol. The van der Waals surface area contributed by atoms with Crippen molar-refractivity contribution < 1.29 is 45.8 Å². The number of ether oxygens (including phenoxy) is 1. The third-order valence-corrected chi connectivity index (χ3v) is 5.95. The molecule has 3 aromatic carbocycles. The molecule has 1 heterocycles. The molecule has 12 heteroatoms. The number of nitrogens with zero attached hydrogens (tertiary/aromatic N) is 1. The minimum atomic E-state index is -4.53. The number of hydrogen-bond donors (Lipinski definition) is 2. The first-order valence-corrected chi connectivity index (χ1v) is 11.9. The number of aliphatic carboxylic acids is 1. The van der Waals surface area contributed by atoms with Gasteiger partial charge >= 0.3 is 18.3 Å². The number of carboxylic acids is 1. The van der Waals surface area contributed by atoms with Crippen molar-refractivity contribution in [3.8, 4) is 22.8 Å². The molecule has 2 N–H and O–H groups in total. The van der Waals surface area contributed by atoms with Crippen molar-refractivity contribution in [1.82, 2.24) is 10.3 Å². The Morgan fingerprint density at radius 2 is 1.29 bits per heavy atom. The number of benzene rings is 3. The molecule has 0 radical (unpaired) electrons. The molecule has 0 aliphatic carbocycles. The van der Waals surface area contributed by atoms with Gasteiger partial charge in [0.25, 0.3) is 5.91 Å². The third-order valence-electron chi connectivity index (χ3n) is 5.95. The Hall–Kier alpha value is -4.87. The van der Waals surface area contributed by atoms with E-state index in [1.54, 1.807) is 24.3 Å². The number of aromatic nitrogens is 1. The molecule has 0 bridgehead atoms. The maximum atomic E-state index is 12.9. The molecule has 0 saturated heterocycles. The van der Waals surface area contributed by atoms with Crippen molar-refractivity contribution in [1.29, 1.82) is 0 Å². The smallest absolute Gasteiger partial charge is 0.417 e. The van der Waals surface area contributed by atoms with Crippen molar-refractivity contribution in [2.45, 2.75) is 24.8 Å². The summed E-state index contributed by atoms with van der Waals surface area (Å²) in [5.74, 6) is -1.65. The van der Waals surface area contributed by atoms with Crippen molar-refractivity contribution in [2.24, 2.45) is 0 Å². The highest BCUT2D eigenvalue weighted by Gasteiger charge is 2.31. The van der Waals surface area contributed by atoms with Crippen LogP contribution in [0.1, 0.15) is 39.5 Å². The first-order valence-electron chi connectivity index (χ1n) is 11.9. The molecule has 1 unspecified atom stereocenters. The predicted octanol–water partition coefficient (Wildman–Crippen LogP) is 7.52. The Labute approximate surface area is 229 Å². The van der Waals surface area contributed by atoms with Crippen LogP contribution in [-0.4, -0.2) is 22.0 Å². The quantitative estimate of drug-likeness (QED) is 0.213. The van der Waals surface area contributed by atoms with Crippen LogP contribution in [-0.2, 0) is 17.1 Å². The summed E-state index contributed by atoms with van der Waals surface area (Å²) in [5.41, 5.74) is 0.0392. The van der Waals surface area contributed by atoms with Gasteiger partial charge in [0.1, 0.15) is 5.75 Å². The topological polar surface area (TPSA) is 88.5 Å². The van der Waals surface area contributed by atoms with Gasteiger partial charge in [-0.05, 0) is 59.2 Å². The second-order valence-corrected chi connectivity index (χ2v) is 8.83. The SMILES string of the molecule is O=C(O)CC(NC(=O)c1ccc(Oc2ccc(C(F)(F)F)cn2)cc1)c1ccc(-c2ccc(C(F)(F)F)cc2)cc1. The minimum Gasteiger partial charge on any atom is -0.481 e.